The van der Waals surface area contributed by atoms with E-state index in [1.54, 1.807) is 11.3 Å². The van der Waals surface area contributed by atoms with Crippen molar-refractivity contribution >= 4 is 11.3 Å². The van der Waals surface area contributed by atoms with E-state index < -0.39 is 0 Å². The standard InChI is InChI=1S/C14H24N2OS/c1-2-7-12-13(11-17)18-14(15-12)10-16-8-5-3-4-6-9-16/h17H,2-11H2,1H3. The van der Waals surface area contributed by atoms with E-state index in [1.807, 2.05) is 0 Å². The van der Waals surface area contributed by atoms with Crippen LogP contribution < -0.4 is 0 Å². The third-order valence-electron chi connectivity index (χ3n) is 3.51. The summed E-state index contributed by atoms with van der Waals surface area (Å²) in [5, 5.41) is 10.6. The predicted octanol–water partition coefficient (Wildman–Crippen LogP) is 2.96. The second-order valence-electron chi connectivity index (χ2n) is 5.08. The molecule has 0 aliphatic carbocycles. The lowest BCUT2D eigenvalue weighted by Crippen LogP contribution is -2.23. The maximum absolute atomic E-state index is 9.37. The van der Waals surface area contributed by atoms with Crippen LogP contribution in [0.3, 0.4) is 0 Å². The first kappa shape index (κ1) is 14.0. The van der Waals surface area contributed by atoms with Gasteiger partial charge in [0.15, 0.2) is 0 Å². The molecule has 3 nitrogen and oxygen atoms in total. The van der Waals surface area contributed by atoms with Gasteiger partial charge in [0.05, 0.1) is 23.7 Å². The Labute approximate surface area is 114 Å². The number of nitrogens with zero attached hydrogens (tertiary/aromatic N) is 2. The van der Waals surface area contributed by atoms with Crippen molar-refractivity contribution in [3.63, 3.8) is 0 Å². The number of aliphatic hydroxyl groups excluding tert-OH is 1. The van der Waals surface area contributed by atoms with Crippen LogP contribution in [0.1, 0.15) is 54.6 Å². The SMILES string of the molecule is CCCc1nc(CN2CCCCCC2)sc1CO. The van der Waals surface area contributed by atoms with Crippen LogP contribution in [0.15, 0.2) is 0 Å². The highest BCUT2D eigenvalue weighted by atomic mass is 32.1. The van der Waals surface area contributed by atoms with E-state index in [1.165, 1.54) is 43.8 Å². The first-order chi connectivity index (χ1) is 8.83. The fraction of sp³-hybridized carbons (Fsp3) is 0.786. The number of hydrogen-bond acceptors (Lipinski definition) is 4. The highest BCUT2D eigenvalue weighted by Gasteiger charge is 2.14. The molecule has 1 aromatic heterocycles. The van der Waals surface area contributed by atoms with Crippen LogP contribution in [0.2, 0.25) is 0 Å². The summed E-state index contributed by atoms with van der Waals surface area (Å²) in [6.07, 6.45) is 7.47. The van der Waals surface area contributed by atoms with Crippen LogP contribution in [-0.2, 0) is 19.6 Å². The van der Waals surface area contributed by atoms with Crippen molar-refractivity contribution in [1.82, 2.24) is 9.88 Å². The van der Waals surface area contributed by atoms with Gasteiger partial charge in [-0.25, -0.2) is 4.98 Å². The Bertz CT molecular complexity index is 357. The van der Waals surface area contributed by atoms with Gasteiger partial charge in [0.2, 0.25) is 0 Å². The smallest absolute Gasteiger partial charge is 0.107 e. The summed E-state index contributed by atoms with van der Waals surface area (Å²) in [6.45, 7) is 5.69. The van der Waals surface area contributed by atoms with Crippen LogP contribution in [0.25, 0.3) is 0 Å². The first-order valence-electron chi connectivity index (χ1n) is 7.14. The molecule has 0 unspecified atom stereocenters. The molecule has 0 aromatic carbocycles. The van der Waals surface area contributed by atoms with Crippen molar-refractivity contribution in [3.05, 3.63) is 15.6 Å². The van der Waals surface area contributed by atoms with Gasteiger partial charge in [-0.1, -0.05) is 26.2 Å². The van der Waals surface area contributed by atoms with E-state index in [2.05, 4.69) is 11.8 Å². The van der Waals surface area contributed by atoms with E-state index in [4.69, 9.17) is 4.98 Å². The Morgan fingerprint density at radius 1 is 1.22 bits per heavy atom. The van der Waals surface area contributed by atoms with Crippen molar-refractivity contribution < 1.29 is 5.11 Å². The minimum atomic E-state index is 0.146. The summed E-state index contributed by atoms with van der Waals surface area (Å²) >= 11 is 1.70. The molecule has 4 heteroatoms. The molecule has 0 radical (unpaired) electrons. The summed E-state index contributed by atoms with van der Waals surface area (Å²) in [4.78, 5) is 8.30. The van der Waals surface area contributed by atoms with Crippen LogP contribution in [-0.4, -0.2) is 28.1 Å². The van der Waals surface area contributed by atoms with Gasteiger partial charge in [-0.15, -0.1) is 11.3 Å². The second-order valence-corrected chi connectivity index (χ2v) is 6.24. The average Bonchev–Trinajstić information content (AvgIpc) is 2.58. The largest absolute Gasteiger partial charge is 0.391 e. The second kappa shape index (κ2) is 7.22. The first-order valence-corrected chi connectivity index (χ1v) is 7.95. The fourth-order valence-corrected chi connectivity index (χ4v) is 3.56. The molecule has 1 saturated heterocycles. The molecule has 2 rings (SSSR count). The Morgan fingerprint density at radius 3 is 2.56 bits per heavy atom. The molecule has 0 atom stereocenters. The van der Waals surface area contributed by atoms with Crippen LogP contribution in [0.4, 0.5) is 0 Å². The maximum Gasteiger partial charge on any atom is 0.107 e. The van der Waals surface area contributed by atoms with E-state index >= 15 is 0 Å². The van der Waals surface area contributed by atoms with Crippen LogP contribution in [0, 0.1) is 0 Å². The summed E-state index contributed by atoms with van der Waals surface area (Å²) in [7, 11) is 0. The third-order valence-corrected chi connectivity index (χ3v) is 4.58. The molecule has 18 heavy (non-hydrogen) atoms. The van der Waals surface area contributed by atoms with Gasteiger partial charge in [0.25, 0.3) is 0 Å². The van der Waals surface area contributed by atoms with Crippen LogP contribution in [0.5, 0.6) is 0 Å². The van der Waals surface area contributed by atoms with Gasteiger partial charge in [-0.05, 0) is 32.4 Å². The number of aliphatic hydroxyl groups is 1. The molecular formula is C14H24N2OS. The Kier molecular flexibility index (Phi) is 5.60. The molecule has 1 aliphatic rings. The summed E-state index contributed by atoms with van der Waals surface area (Å²) in [5.74, 6) is 0. The highest BCUT2D eigenvalue weighted by molar-refractivity contribution is 7.11. The Balaban J connectivity index is 1.99. The van der Waals surface area contributed by atoms with Gasteiger partial charge in [-0.3, -0.25) is 4.90 Å². The molecular weight excluding hydrogens is 244 g/mol. The average molecular weight is 268 g/mol. The molecule has 1 aliphatic heterocycles. The number of likely N-dealkylation sites (tertiary alicyclic amines) is 1. The molecule has 1 N–H and O–H groups in total. The van der Waals surface area contributed by atoms with E-state index in [-0.39, 0.29) is 6.61 Å². The number of thiazole rings is 1. The molecule has 0 saturated carbocycles. The van der Waals surface area contributed by atoms with Gasteiger partial charge < -0.3 is 5.11 Å². The lowest BCUT2D eigenvalue weighted by atomic mass is 10.2. The number of aromatic nitrogens is 1. The molecule has 0 amide bonds. The van der Waals surface area contributed by atoms with Gasteiger partial charge in [0.1, 0.15) is 5.01 Å². The van der Waals surface area contributed by atoms with Crippen molar-refractivity contribution in [2.24, 2.45) is 0 Å². The molecule has 102 valence electrons. The minimum absolute atomic E-state index is 0.146. The monoisotopic (exact) mass is 268 g/mol. The van der Waals surface area contributed by atoms with Gasteiger partial charge in [0, 0.05) is 0 Å². The van der Waals surface area contributed by atoms with Gasteiger partial charge >= 0.3 is 0 Å². The number of rotatable bonds is 5. The zero-order chi connectivity index (χ0) is 12.8. The zero-order valence-corrected chi connectivity index (χ0v) is 12.1. The summed E-state index contributed by atoms with van der Waals surface area (Å²) in [5.41, 5.74) is 1.12. The van der Waals surface area contributed by atoms with E-state index in [0.29, 0.717) is 0 Å². The van der Waals surface area contributed by atoms with E-state index in [9.17, 15) is 5.11 Å². The molecule has 2 heterocycles. The quantitative estimate of drug-likeness (QED) is 0.892. The Hall–Kier alpha value is -0.450. The predicted molar refractivity (Wildman–Crippen MR) is 75.8 cm³/mol. The highest BCUT2D eigenvalue weighted by Crippen LogP contribution is 2.22. The molecule has 0 bridgehead atoms. The summed E-state index contributed by atoms with van der Waals surface area (Å²) in [6, 6.07) is 0. The zero-order valence-electron chi connectivity index (χ0n) is 11.3. The third kappa shape index (κ3) is 3.77. The molecule has 0 spiro atoms. The maximum atomic E-state index is 9.37. The number of aryl methyl sites for hydroxylation is 1. The normalized spacial score (nSPS) is 17.9. The fourth-order valence-electron chi connectivity index (χ4n) is 2.55. The van der Waals surface area contributed by atoms with Gasteiger partial charge in [-0.2, -0.15) is 0 Å². The van der Waals surface area contributed by atoms with Crippen molar-refractivity contribution in [1.29, 1.82) is 0 Å². The van der Waals surface area contributed by atoms with Crippen molar-refractivity contribution in [2.75, 3.05) is 13.1 Å². The topological polar surface area (TPSA) is 36.4 Å². The van der Waals surface area contributed by atoms with Crippen LogP contribution >= 0.6 is 11.3 Å². The molecule has 1 aromatic rings. The summed E-state index contributed by atoms with van der Waals surface area (Å²) < 4.78 is 0. The molecule has 1 fully saturated rings. The lowest BCUT2D eigenvalue weighted by Gasteiger charge is -2.17. The van der Waals surface area contributed by atoms with E-state index in [0.717, 1.165) is 30.0 Å². The van der Waals surface area contributed by atoms with Crippen molar-refractivity contribution in [2.45, 2.75) is 58.6 Å². The lowest BCUT2D eigenvalue weighted by molar-refractivity contribution is 0.276. The van der Waals surface area contributed by atoms with Crippen molar-refractivity contribution in [3.8, 4) is 0 Å². The Morgan fingerprint density at radius 2 is 1.94 bits per heavy atom. The number of hydrogen-bond donors (Lipinski definition) is 1. The minimum Gasteiger partial charge on any atom is -0.391 e.